The predicted octanol–water partition coefficient (Wildman–Crippen LogP) is 2.00. The molecule has 1 amide bonds. The molecular formula is C20H16N6O4. The van der Waals surface area contributed by atoms with Crippen molar-refractivity contribution in [1.82, 2.24) is 24.9 Å². The van der Waals surface area contributed by atoms with Gasteiger partial charge < -0.3 is 14.6 Å². The highest BCUT2D eigenvalue weighted by Crippen LogP contribution is 2.19. The van der Waals surface area contributed by atoms with Gasteiger partial charge in [-0.3, -0.25) is 14.6 Å². The topological polar surface area (TPSA) is 125 Å². The fraction of sp³-hybridized carbons (Fsp3) is 0.100. The SMILES string of the molecule is COc1ccc(NC(=O)Cn2nc(-c3nc(-c4cccnc4)no3)ccc2=O)cc1. The van der Waals surface area contributed by atoms with Crippen LogP contribution in [0.2, 0.25) is 0 Å². The Labute approximate surface area is 170 Å². The molecule has 3 heterocycles. The van der Waals surface area contributed by atoms with Gasteiger partial charge in [-0.25, -0.2) is 4.68 Å². The Balaban J connectivity index is 1.51. The minimum Gasteiger partial charge on any atom is -0.497 e. The van der Waals surface area contributed by atoms with Crippen LogP contribution in [-0.2, 0) is 11.3 Å². The Hall–Kier alpha value is -4.34. The van der Waals surface area contributed by atoms with E-state index in [0.717, 1.165) is 4.68 Å². The summed E-state index contributed by atoms with van der Waals surface area (Å²) in [6.07, 6.45) is 3.24. The number of ether oxygens (including phenoxy) is 1. The van der Waals surface area contributed by atoms with Crippen LogP contribution >= 0.6 is 0 Å². The standard InChI is InChI=1S/C20H16N6O4/c1-29-15-6-4-14(5-7-15)22-17(27)12-26-18(28)9-8-16(24-26)20-23-19(25-30-20)13-3-2-10-21-11-13/h2-11H,12H2,1H3,(H,22,27). The summed E-state index contributed by atoms with van der Waals surface area (Å²) in [4.78, 5) is 32.7. The van der Waals surface area contributed by atoms with Crippen molar-refractivity contribution >= 4 is 11.6 Å². The van der Waals surface area contributed by atoms with Crippen LogP contribution in [0.5, 0.6) is 5.75 Å². The first-order valence-electron chi connectivity index (χ1n) is 8.89. The van der Waals surface area contributed by atoms with Gasteiger partial charge in [-0.15, -0.1) is 0 Å². The van der Waals surface area contributed by atoms with Gasteiger partial charge in [0.15, 0.2) is 0 Å². The van der Waals surface area contributed by atoms with Crippen LogP contribution in [0.25, 0.3) is 23.0 Å². The van der Waals surface area contributed by atoms with Crippen molar-refractivity contribution in [3.8, 4) is 28.7 Å². The number of carbonyl (C=O) groups excluding carboxylic acids is 1. The molecule has 1 N–H and O–H groups in total. The monoisotopic (exact) mass is 404 g/mol. The number of benzene rings is 1. The van der Waals surface area contributed by atoms with Gasteiger partial charge in [0.2, 0.25) is 11.7 Å². The zero-order valence-electron chi connectivity index (χ0n) is 15.8. The molecule has 0 bridgehead atoms. The summed E-state index contributed by atoms with van der Waals surface area (Å²) in [6, 6.07) is 13.1. The van der Waals surface area contributed by atoms with E-state index in [1.807, 2.05) is 0 Å². The van der Waals surface area contributed by atoms with Gasteiger partial charge in [0.05, 0.1) is 7.11 Å². The fourth-order valence-electron chi connectivity index (χ4n) is 2.63. The molecule has 0 aliphatic heterocycles. The number of nitrogens with one attached hydrogen (secondary N) is 1. The molecule has 0 fully saturated rings. The first kappa shape index (κ1) is 19.0. The summed E-state index contributed by atoms with van der Waals surface area (Å²) in [5, 5.41) is 10.8. The second kappa shape index (κ2) is 8.35. The van der Waals surface area contributed by atoms with Crippen molar-refractivity contribution in [3.63, 3.8) is 0 Å². The van der Waals surface area contributed by atoms with Crippen molar-refractivity contribution in [3.05, 3.63) is 71.3 Å². The van der Waals surface area contributed by atoms with Gasteiger partial charge in [-0.05, 0) is 42.5 Å². The number of hydrogen-bond donors (Lipinski definition) is 1. The average Bonchev–Trinajstić information content (AvgIpc) is 3.27. The third kappa shape index (κ3) is 4.22. The van der Waals surface area contributed by atoms with Gasteiger partial charge in [-0.2, -0.15) is 10.1 Å². The fourth-order valence-corrected chi connectivity index (χ4v) is 2.63. The number of amides is 1. The summed E-state index contributed by atoms with van der Waals surface area (Å²) >= 11 is 0. The second-order valence-electron chi connectivity index (χ2n) is 6.16. The molecule has 0 saturated heterocycles. The smallest absolute Gasteiger partial charge is 0.278 e. The molecule has 0 aliphatic rings. The quantitative estimate of drug-likeness (QED) is 0.517. The van der Waals surface area contributed by atoms with E-state index >= 15 is 0 Å². The van der Waals surface area contributed by atoms with Gasteiger partial charge in [0.25, 0.3) is 11.4 Å². The Kier molecular flexibility index (Phi) is 5.29. The largest absolute Gasteiger partial charge is 0.497 e. The molecule has 1 aromatic carbocycles. The Morgan fingerprint density at radius 2 is 2.00 bits per heavy atom. The van der Waals surface area contributed by atoms with E-state index in [4.69, 9.17) is 9.26 Å². The van der Waals surface area contributed by atoms with Crippen LogP contribution in [0.1, 0.15) is 0 Å². The van der Waals surface area contributed by atoms with E-state index < -0.39 is 11.5 Å². The molecule has 0 saturated carbocycles. The summed E-state index contributed by atoms with van der Waals surface area (Å²) < 4.78 is 11.4. The number of nitrogens with zero attached hydrogens (tertiary/aromatic N) is 5. The third-order valence-electron chi connectivity index (χ3n) is 4.10. The van der Waals surface area contributed by atoms with E-state index in [1.54, 1.807) is 55.9 Å². The second-order valence-corrected chi connectivity index (χ2v) is 6.16. The van der Waals surface area contributed by atoms with Gasteiger partial charge in [0.1, 0.15) is 18.0 Å². The Morgan fingerprint density at radius 3 is 2.73 bits per heavy atom. The van der Waals surface area contributed by atoms with Crippen LogP contribution in [0.3, 0.4) is 0 Å². The maximum atomic E-state index is 12.3. The first-order valence-corrected chi connectivity index (χ1v) is 8.89. The highest BCUT2D eigenvalue weighted by molar-refractivity contribution is 5.90. The molecule has 4 rings (SSSR count). The molecule has 10 nitrogen and oxygen atoms in total. The molecule has 3 aromatic heterocycles. The molecule has 0 spiro atoms. The molecule has 0 aliphatic carbocycles. The molecule has 10 heteroatoms. The Bertz CT molecular complexity index is 1220. The van der Waals surface area contributed by atoms with Gasteiger partial charge in [-0.1, -0.05) is 5.16 Å². The number of anilines is 1. The molecule has 150 valence electrons. The summed E-state index contributed by atoms with van der Waals surface area (Å²) in [5.41, 5.74) is 1.09. The van der Waals surface area contributed by atoms with Crippen LogP contribution in [0.4, 0.5) is 5.69 Å². The van der Waals surface area contributed by atoms with Crippen molar-refractivity contribution in [2.75, 3.05) is 12.4 Å². The van der Waals surface area contributed by atoms with E-state index in [1.165, 1.54) is 12.1 Å². The average molecular weight is 404 g/mol. The number of pyridine rings is 1. The molecule has 4 aromatic rings. The van der Waals surface area contributed by atoms with Crippen LogP contribution in [0.15, 0.2) is 70.2 Å². The Morgan fingerprint density at radius 1 is 1.17 bits per heavy atom. The van der Waals surface area contributed by atoms with Crippen LogP contribution in [-0.4, -0.2) is 37.9 Å². The van der Waals surface area contributed by atoms with E-state index in [2.05, 4.69) is 25.5 Å². The normalized spacial score (nSPS) is 10.6. The minimum absolute atomic E-state index is 0.123. The number of carbonyl (C=O) groups is 1. The maximum absolute atomic E-state index is 12.3. The molecule has 0 radical (unpaired) electrons. The molecule has 0 atom stereocenters. The zero-order chi connectivity index (χ0) is 20.9. The third-order valence-corrected chi connectivity index (χ3v) is 4.10. The molecule has 30 heavy (non-hydrogen) atoms. The highest BCUT2D eigenvalue weighted by atomic mass is 16.5. The lowest BCUT2D eigenvalue weighted by atomic mass is 10.3. The van der Waals surface area contributed by atoms with E-state index in [0.29, 0.717) is 22.8 Å². The predicted molar refractivity (Wildman–Crippen MR) is 107 cm³/mol. The minimum atomic E-state index is -0.435. The van der Waals surface area contributed by atoms with Crippen molar-refractivity contribution in [2.45, 2.75) is 6.54 Å². The van der Waals surface area contributed by atoms with Crippen molar-refractivity contribution < 1.29 is 14.1 Å². The first-order chi connectivity index (χ1) is 14.6. The highest BCUT2D eigenvalue weighted by Gasteiger charge is 2.14. The zero-order valence-corrected chi connectivity index (χ0v) is 15.8. The molecular weight excluding hydrogens is 388 g/mol. The summed E-state index contributed by atoms with van der Waals surface area (Å²) in [7, 11) is 1.56. The molecule has 0 unspecified atom stereocenters. The lowest BCUT2D eigenvalue weighted by Crippen LogP contribution is -2.29. The maximum Gasteiger partial charge on any atom is 0.278 e. The van der Waals surface area contributed by atoms with Gasteiger partial charge in [0, 0.05) is 29.7 Å². The summed E-state index contributed by atoms with van der Waals surface area (Å²) in [5.74, 6) is 0.727. The van der Waals surface area contributed by atoms with Gasteiger partial charge >= 0.3 is 0 Å². The number of hydrogen-bond acceptors (Lipinski definition) is 8. The van der Waals surface area contributed by atoms with Crippen LogP contribution < -0.4 is 15.6 Å². The number of rotatable bonds is 6. The number of aromatic nitrogens is 5. The number of methoxy groups -OCH3 is 1. The lowest BCUT2D eigenvalue weighted by Gasteiger charge is -2.08. The van der Waals surface area contributed by atoms with Crippen LogP contribution in [0, 0.1) is 0 Å². The van der Waals surface area contributed by atoms with Crippen molar-refractivity contribution in [2.24, 2.45) is 0 Å². The van der Waals surface area contributed by atoms with E-state index in [9.17, 15) is 9.59 Å². The lowest BCUT2D eigenvalue weighted by molar-refractivity contribution is -0.117. The van der Waals surface area contributed by atoms with E-state index in [-0.39, 0.29) is 18.1 Å². The van der Waals surface area contributed by atoms with Crippen molar-refractivity contribution in [1.29, 1.82) is 0 Å². The summed E-state index contributed by atoms with van der Waals surface area (Å²) in [6.45, 7) is -0.275.